The number of rotatable bonds is 6. The maximum Gasteiger partial charge on any atom is 0.240 e. The lowest BCUT2D eigenvalue weighted by Crippen LogP contribution is -2.35. The molecule has 4 heteroatoms. The summed E-state index contributed by atoms with van der Waals surface area (Å²) < 4.78 is 0. The first kappa shape index (κ1) is 15.3. The average Bonchev–Trinajstić information content (AvgIpc) is 3.03. The predicted octanol–water partition coefficient (Wildman–Crippen LogP) is 3.48. The fourth-order valence-corrected chi connectivity index (χ4v) is 2.91. The minimum absolute atomic E-state index is 0.0859. The first-order valence-corrected chi connectivity index (χ1v) is 7.87. The Bertz CT molecular complexity index is 601. The van der Waals surface area contributed by atoms with Gasteiger partial charge in [0.15, 0.2) is 0 Å². The molecule has 0 saturated heterocycles. The number of benzene rings is 1. The molecular formula is C17H18N2OS. The molecule has 0 radical (unpaired) electrons. The molecule has 2 aromatic rings. The van der Waals surface area contributed by atoms with Gasteiger partial charge in [0, 0.05) is 11.4 Å². The van der Waals surface area contributed by atoms with Crippen molar-refractivity contribution in [2.24, 2.45) is 5.92 Å². The summed E-state index contributed by atoms with van der Waals surface area (Å²) in [5, 5.41) is 11.3. The number of hydrogen-bond donors (Lipinski definition) is 0. The van der Waals surface area contributed by atoms with Crippen LogP contribution in [0.25, 0.3) is 0 Å². The summed E-state index contributed by atoms with van der Waals surface area (Å²) >= 11 is 1.63. The molecule has 3 nitrogen and oxygen atoms in total. The van der Waals surface area contributed by atoms with E-state index in [2.05, 4.69) is 6.07 Å². The third-order valence-electron chi connectivity index (χ3n) is 3.36. The molecule has 1 atom stereocenters. The highest BCUT2D eigenvalue weighted by atomic mass is 32.1. The molecule has 0 aliphatic heterocycles. The van der Waals surface area contributed by atoms with Gasteiger partial charge in [-0.1, -0.05) is 36.4 Å². The Labute approximate surface area is 129 Å². The summed E-state index contributed by atoms with van der Waals surface area (Å²) in [4.78, 5) is 15.4. The highest BCUT2D eigenvalue weighted by Crippen LogP contribution is 2.16. The number of carbonyl (C=O) groups is 1. The molecule has 0 saturated carbocycles. The van der Waals surface area contributed by atoms with Crippen LogP contribution in [-0.4, -0.2) is 17.4 Å². The number of hydrogen-bond acceptors (Lipinski definition) is 3. The van der Waals surface area contributed by atoms with Gasteiger partial charge in [-0.25, -0.2) is 0 Å². The number of nitriles is 1. The molecule has 0 aliphatic rings. The summed E-state index contributed by atoms with van der Waals surface area (Å²) in [5.74, 6) is -0.704. The summed E-state index contributed by atoms with van der Waals surface area (Å²) in [6, 6.07) is 15.8. The van der Waals surface area contributed by atoms with Gasteiger partial charge in [-0.15, -0.1) is 11.3 Å². The van der Waals surface area contributed by atoms with Crippen LogP contribution in [0.3, 0.4) is 0 Å². The van der Waals surface area contributed by atoms with Crippen LogP contribution in [0.1, 0.15) is 17.4 Å². The molecule has 0 bridgehead atoms. The molecule has 0 aliphatic carbocycles. The number of thiophene rings is 1. The van der Waals surface area contributed by atoms with E-state index in [9.17, 15) is 10.1 Å². The molecule has 0 spiro atoms. The molecule has 1 amide bonds. The van der Waals surface area contributed by atoms with Crippen molar-refractivity contribution in [1.29, 1.82) is 5.26 Å². The Hall–Kier alpha value is -2.12. The van der Waals surface area contributed by atoms with Gasteiger partial charge in [0.1, 0.15) is 5.92 Å². The van der Waals surface area contributed by atoms with Crippen molar-refractivity contribution in [2.75, 3.05) is 6.54 Å². The van der Waals surface area contributed by atoms with Gasteiger partial charge in [0.05, 0.1) is 12.6 Å². The summed E-state index contributed by atoms with van der Waals surface area (Å²) in [6.45, 7) is 3.14. The Morgan fingerprint density at radius 3 is 2.62 bits per heavy atom. The fraction of sp³-hybridized carbons (Fsp3) is 0.294. The van der Waals surface area contributed by atoms with E-state index < -0.39 is 5.92 Å². The first-order valence-electron chi connectivity index (χ1n) is 6.99. The topological polar surface area (TPSA) is 44.1 Å². The molecule has 2 rings (SSSR count). The smallest absolute Gasteiger partial charge is 0.240 e. The van der Waals surface area contributed by atoms with E-state index >= 15 is 0 Å². The van der Waals surface area contributed by atoms with Crippen LogP contribution < -0.4 is 0 Å². The Morgan fingerprint density at radius 1 is 1.29 bits per heavy atom. The van der Waals surface area contributed by atoms with E-state index in [0.29, 0.717) is 19.5 Å². The standard InChI is InChI=1S/C17H18N2OS/c1-2-19(13-16-9-6-10-21-16)17(20)15(12-18)11-14-7-4-3-5-8-14/h3-10,15H,2,11,13H2,1H3. The zero-order valence-corrected chi connectivity index (χ0v) is 12.8. The van der Waals surface area contributed by atoms with Crippen LogP contribution in [0.2, 0.25) is 0 Å². The minimum Gasteiger partial charge on any atom is -0.337 e. The Kier molecular flexibility index (Phi) is 5.53. The summed E-state index contributed by atoms with van der Waals surface area (Å²) in [5.41, 5.74) is 1.02. The Morgan fingerprint density at radius 2 is 2.05 bits per heavy atom. The summed E-state index contributed by atoms with van der Waals surface area (Å²) in [7, 11) is 0. The first-order chi connectivity index (χ1) is 10.2. The van der Waals surface area contributed by atoms with E-state index in [1.807, 2.05) is 54.8 Å². The third-order valence-corrected chi connectivity index (χ3v) is 4.22. The molecule has 1 aromatic heterocycles. The van der Waals surface area contributed by atoms with E-state index in [1.54, 1.807) is 16.2 Å². The van der Waals surface area contributed by atoms with Gasteiger partial charge in [-0.2, -0.15) is 5.26 Å². The van der Waals surface area contributed by atoms with Gasteiger partial charge < -0.3 is 4.90 Å². The van der Waals surface area contributed by atoms with Gasteiger partial charge in [-0.3, -0.25) is 4.79 Å². The van der Waals surface area contributed by atoms with Crippen LogP contribution >= 0.6 is 11.3 Å². The molecule has 108 valence electrons. The molecule has 21 heavy (non-hydrogen) atoms. The normalized spacial score (nSPS) is 11.6. The van der Waals surface area contributed by atoms with E-state index in [1.165, 1.54) is 0 Å². The van der Waals surface area contributed by atoms with Crippen molar-refractivity contribution in [1.82, 2.24) is 4.90 Å². The summed E-state index contributed by atoms with van der Waals surface area (Å²) in [6.07, 6.45) is 0.469. The van der Waals surface area contributed by atoms with E-state index in [0.717, 1.165) is 10.4 Å². The van der Waals surface area contributed by atoms with Crippen LogP contribution in [-0.2, 0) is 17.8 Å². The lowest BCUT2D eigenvalue weighted by Gasteiger charge is -2.22. The fourth-order valence-electron chi connectivity index (χ4n) is 2.19. The minimum atomic E-state index is -0.618. The van der Waals surface area contributed by atoms with Crippen molar-refractivity contribution in [3.63, 3.8) is 0 Å². The molecule has 0 N–H and O–H groups in total. The average molecular weight is 298 g/mol. The number of amides is 1. The number of nitrogens with zero attached hydrogens (tertiary/aromatic N) is 2. The number of carbonyl (C=O) groups excluding carboxylic acids is 1. The molecule has 1 unspecified atom stereocenters. The largest absolute Gasteiger partial charge is 0.337 e. The van der Waals surface area contributed by atoms with E-state index in [4.69, 9.17) is 0 Å². The molecular weight excluding hydrogens is 280 g/mol. The second kappa shape index (κ2) is 7.61. The van der Waals surface area contributed by atoms with Gasteiger partial charge in [0.2, 0.25) is 5.91 Å². The van der Waals surface area contributed by atoms with Crippen LogP contribution in [0.4, 0.5) is 0 Å². The van der Waals surface area contributed by atoms with Crippen molar-refractivity contribution in [3.05, 3.63) is 58.3 Å². The lowest BCUT2D eigenvalue weighted by molar-refractivity contribution is -0.134. The molecule has 0 fully saturated rings. The van der Waals surface area contributed by atoms with Crippen molar-refractivity contribution in [3.8, 4) is 6.07 Å². The van der Waals surface area contributed by atoms with Gasteiger partial charge >= 0.3 is 0 Å². The SMILES string of the molecule is CCN(Cc1cccs1)C(=O)C(C#N)Cc1ccccc1. The third kappa shape index (κ3) is 4.17. The lowest BCUT2D eigenvalue weighted by atomic mass is 9.99. The maximum absolute atomic E-state index is 12.5. The maximum atomic E-state index is 12.5. The van der Waals surface area contributed by atoms with Crippen molar-refractivity contribution >= 4 is 17.2 Å². The van der Waals surface area contributed by atoms with Crippen LogP contribution in [0, 0.1) is 17.2 Å². The monoisotopic (exact) mass is 298 g/mol. The van der Waals surface area contributed by atoms with Gasteiger partial charge in [0.25, 0.3) is 0 Å². The van der Waals surface area contributed by atoms with Crippen molar-refractivity contribution < 1.29 is 4.79 Å². The highest BCUT2D eigenvalue weighted by molar-refractivity contribution is 7.09. The predicted molar refractivity (Wildman–Crippen MR) is 84.7 cm³/mol. The van der Waals surface area contributed by atoms with Gasteiger partial charge in [-0.05, 0) is 30.4 Å². The quantitative estimate of drug-likeness (QED) is 0.819. The van der Waals surface area contributed by atoms with Crippen LogP contribution in [0.15, 0.2) is 47.8 Å². The Balaban J connectivity index is 2.05. The zero-order chi connectivity index (χ0) is 15.1. The molecule has 1 heterocycles. The van der Waals surface area contributed by atoms with E-state index in [-0.39, 0.29) is 5.91 Å². The second-order valence-corrected chi connectivity index (χ2v) is 5.84. The zero-order valence-electron chi connectivity index (χ0n) is 12.0. The molecule has 1 aromatic carbocycles. The van der Waals surface area contributed by atoms with Crippen LogP contribution in [0.5, 0.6) is 0 Å². The second-order valence-electron chi connectivity index (χ2n) is 4.80. The highest BCUT2D eigenvalue weighted by Gasteiger charge is 2.23. The van der Waals surface area contributed by atoms with Crippen molar-refractivity contribution in [2.45, 2.75) is 19.9 Å².